The number of anilines is 1. The van der Waals surface area contributed by atoms with Gasteiger partial charge in [0.15, 0.2) is 5.65 Å². The van der Waals surface area contributed by atoms with Crippen molar-refractivity contribution in [2.24, 2.45) is 7.05 Å². The highest BCUT2D eigenvalue weighted by molar-refractivity contribution is 5.88. The van der Waals surface area contributed by atoms with Crippen LogP contribution in [0, 0.1) is 5.82 Å². The summed E-state index contributed by atoms with van der Waals surface area (Å²) in [5.74, 6) is 0.195. The molecular formula is C15H15FN4O. The minimum absolute atomic E-state index is 0.313. The van der Waals surface area contributed by atoms with E-state index in [9.17, 15) is 4.39 Å². The lowest BCUT2D eigenvalue weighted by Crippen LogP contribution is -2.01. The smallest absolute Gasteiger partial charge is 0.159 e. The molecule has 3 aromatic rings. The molecule has 21 heavy (non-hydrogen) atoms. The molecule has 108 valence electrons. The van der Waals surface area contributed by atoms with Crippen molar-refractivity contribution in [3.8, 4) is 5.75 Å². The van der Waals surface area contributed by atoms with Crippen LogP contribution < -0.4 is 10.1 Å². The summed E-state index contributed by atoms with van der Waals surface area (Å²) in [4.78, 5) is 4.28. The van der Waals surface area contributed by atoms with Crippen LogP contribution >= 0.6 is 0 Å². The van der Waals surface area contributed by atoms with Crippen LogP contribution in [0.25, 0.3) is 11.0 Å². The van der Waals surface area contributed by atoms with E-state index in [0.29, 0.717) is 12.3 Å². The summed E-state index contributed by atoms with van der Waals surface area (Å²) in [7, 11) is 3.37. The Morgan fingerprint density at radius 3 is 3.00 bits per heavy atom. The molecule has 1 aromatic carbocycles. The molecule has 0 fully saturated rings. The number of pyridine rings is 1. The van der Waals surface area contributed by atoms with Crippen LogP contribution in [0.2, 0.25) is 0 Å². The van der Waals surface area contributed by atoms with Crippen molar-refractivity contribution in [2.75, 3.05) is 12.4 Å². The lowest BCUT2D eigenvalue weighted by Gasteiger charge is -2.09. The van der Waals surface area contributed by atoms with Gasteiger partial charge < -0.3 is 10.1 Å². The fourth-order valence-electron chi connectivity index (χ4n) is 2.24. The standard InChI is InChI=1S/C15H15FN4O/c1-20-15-13(9-19-20)14(3-4-17-15)18-8-10-5-11(16)7-12(6-10)21-2/h3-7,9H,8H2,1-2H3,(H,17,18). The fourth-order valence-corrected chi connectivity index (χ4v) is 2.24. The quantitative estimate of drug-likeness (QED) is 0.801. The van der Waals surface area contributed by atoms with E-state index in [4.69, 9.17) is 4.74 Å². The normalized spacial score (nSPS) is 10.8. The van der Waals surface area contributed by atoms with Gasteiger partial charge in [0.1, 0.15) is 11.6 Å². The van der Waals surface area contributed by atoms with Crippen LogP contribution in [0.4, 0.5) is 10.1 Å². The van der Waals surface area contributed by atoms with Crippen LogP contribution in [0.15, 0.2) is 36.7 Å². The number of ether oxygens (including phenoxy) is 1. The molecule has 0 unspecified atom stereocenters. The molecule has 0 amide bonds. The number of nitrogens with zero attached hydrogens (tertiary/aromatic N) is 3. The lowest BCUT2D eigenvalue weighted by molar-refractivity contribution is 0.410. The van der Waals surface area contributed by atoms with Gasteiger partial charge in [0.2, 0.25) is 0 Å². The van der Waals surface area contributed by atoms with Gasteiger partial charge in [0.05, 0.1) is 18.7 Å². The van der Waals surface area contributed by atoms with E-state index in [1.54, 1.807) is 23.1 Å². The number of halogens is 1. The summed E-state index contributed by atoms with van der Waals surface area (Å²) < 4.78 is 20.2. The average molecular weight is 286 g/mol. The predicted octanol–water partition coefficient (Wildman–Crippen LogP) is 2.73. The predicted molar refractivity (Wildman–Crippen MR) is 78.8 cm³/mol. The third-order valence-electron chi connectivity index (χ3n) is 3.29. The molecule has 0 spiro atoms. The highest BCUT2D eigenvalue weighted by Crippen LogP contribution is 2.22. The molecule has 0 saturated heterocycles. The third kappa shape index (κ3) is 2.65. The van der Waals surface area contributed by atoms with Gasteiger partial charge in [0.25, 0.3) is 0 Å². The van der Waals surface area contributed by atoms with Gasteiger partial charge >= 0.3 is 0 Å². The molecule has 0 aliphatic rings. The summed E-state index contributed by atoms with van der Waals surface area (Å²) in [6, 6.07) is 6.52. The Morgan fingerprint density at radius 2 is 2.19 bits per heavy atom. The van der Waals surface area contributed by atoms with Crippen LogP contribution in [-0.4, -0.2) is 21.9 Å². The zero-order chi connectivity index (χ0) is 14.8. The van der Waals surface area contributed by atoms with E-state index in [1.165, 1.54) is 19.2 Å². The number of aryl methyl sites for hydroxylation is 1. The molecule has 0 atom stereocenters. The van der Waals surface area contributed by atoms with Crippen LogP contribution in [0.1, 0.15) is 5.56 Å². The van der Waals surface area contributed by atoms with E-state index in [1.807, 2.05) is 13.1 Å². The molecule has 2 aromatic heterocycles. The van der Waals surface area contributed by atoms with Crippen molar-refractivity contribution in [3.63, 3.8) is 0 Å². The second-order valence-electron chi connectivity index (χ2n) is 4.72. The molecule has 1 N–H and O–H groups in total. The van der Waals surface area contributed by atoms with E-state index in [-0.39, 0.29) is 5.82 Å². The van der Waals surface area contributed by atoms with Crippen LogP contribution in [-0.2, 0) is 13.6 Å². The summed E-state index contributed by atoms with van der Waals surface area (Å²) in [5, 5.41) is 8.40. The number of rotatable bonds is 4. The Bertz CT molecular complexity index is 784. The number of nitrogens with one attached hydrogen (secondary N) is 1. The van der Waals surface area contributed by atoms with Gasteiger partial charge in [0, 0.05) is 31.5 Å². The minimum Gasteiger partial charge on any atom is -0.497 e. The van der Waals surface area contributed by atoms with Crippen molar-refractivity contribution in [2.45, 2.75) is 6.54 Å². The first-order valence-electron chi connectivity index (χ1n) is 6.51. The summed E-state index contributed by atoms with van der Waals surface area (Å²) in [6.07, 6.45) is 3.48. The van der Waals surface area contributed by atoms with E-state index in [2.05, 4.69) is 15.4 Å². The Morgan fingerprint density at radius 1 is 1.33 bits per heavy atom. The molecule has 6 heteroatoms. The first-order valence-corrected chi connectivity index (χ1v) is 6.51. The maximum absolute atomic E-state index is 13.5. The molecule has 0 aliphatic heterocycles. The highest BCUT2D eigenvalue weighted by Gasteiger charge is 2.07. The average Bonchev–Trinajstić information content (AvgIpc) is 2.87. The number of benzene rings is 1. The number of fused-ring (bicyclic) bond motifs is 1. The Labute approximate surface area is 121 Å². The zero-order valence-corrected chi connectivity index (χ0v) is 11.8. The number of hydrogen-bond acceptors (Lipinski definition) is 4. The van der Waals surface area contributed by atoms with Gasteiger partial charge in [-0.05, 0) is 23.8 Å². The van der Waals surface area contributed by atoms with Crippen molar-refractivity contribution < 1.29 is 9.13 Å². The maximum atomic E-state index is 13.5. The van der Waals surface area contributed by atoms with Gasteiger partial charge in [-0.2, -0.15) is 5.10 Å². The zero-order valence-electron chi connectivity index (χ0n) is 11.8. The molecule has 0 bridgehead atoms. The van der Waals surface area contributed by atoms with E-state index in [0.717, 1.165) is 22.3 Å². The number of methoxy groups -OCH3 is 1. The minimum atomic E-state index is -0.313. The number of aromatic nitrogens is 3. The monoisotopic (exact) mass is 286 g/mol. The van der Waals surface area contributed by atoms with Gasteiger partial charge in [-0.1, -0.05) is 0 Å². The summed E-state index contributed by atoms with van der Waals surface area (Å²) in [6.45, 7) is 0.488. The second-order valence-corrected chi connectivity index (χ2v) is 4.72. The van der Waals surface area contributed by atoms with E-state index >= 15 is 0 Å². The van der Waals surface area contributed by atoms with Gasteiger partial charge in [-0.3, -0.25) is 4.68 Å². The first-order chi connectivity index (χ1) is 10.2. The fraction of sp³-hybridized carbons (Fsp3) is 0.200. The molecule has 3 rings (SSSR count). The van der Waals surface area contributed by atoms with Crippen LogP contribution in [0.5, 0.6) is 5.75 Å². The first kappa shape index (κ1) is 13.4. The van der Waals surface area contributed by atoms with Crippen LogP contribution in [0.3, 0.4) is 0 Å². The SMILES string of the molecule is COc1cc(F)cc(CNc2ccnc3c2cnn3C)c1. The lowest BCUT2D eigenvalue weighted by atomic mass is 10.2. The second kappa shape index (κ2) is 5.40. The third-order valence-corrected chi connectivity index (χ3v) is 3.29. The van der Waals surface area contributed by atoms with Crippen molar-refractivity contribution in [1.82, 2.24) is 14.8 Å². The Balaban J connectivity index is 1.85. The van der Waals surface area contributed by atoms with Gasteiger partial charge in [-0.25, -0.2) is 9.37 Å². The van der Waals surface area contributed by atoms with E-state index < -0.39 is 0 Å². The molecule has 2 heterocycles. The molecule has 0 saturated carbocycles. The molecule has 5 nitrogen and oxygen atoms in total. The highest BCUT2D eigenvalue weighted by atomic mass is 19.1. The van der Waals surface area contributed by atoms with Crippen molar-refractivity contribution in [3.05, 3.63) is 48.0 Å². The van der Waals surface area contributed by atoms with Gasteiger partial charge in [-0.15, -0.1) is 0 Å². The molecule has 0 aliphatic carbocycles. The Hall–Kier alpha value is -2.63. The number of hydrogen-bond donors (Lipinski definition) is 1. The summed E-state index contributed by atoms with van der Waals surface area (Å²) in [5.41, 5.74) is 2.52. The Kier molecular flexibility index (Phi) is 3.43. The molecular weight excluding hydrogens is 271 g/mol. The van der Waals surface area contributed by atoms with Crippen molar-refractivity contribution >= 4 is 16.7 Å². The van der Waals surface area contributed by atoms with Crippen molar-refractivity contribution in [1.29, 1.82) is 0 Å². The largest absolute Gasteiger partial charge is 0.497 e. The molecule has 0 radical (unpaired) electrons. The summed E-state index contributed by atoms with van der Waals surface area (Å²) >= 11 is 0. The maximum Gasteiger partial charge on any atom is 0.159 e. The topological polar surface area (TPSA) is 52.0 Å².